The minimum atomic E-state index is 0.606. The molecule has 4 heteroatoms. The largest absolute Gasteiger partial charge is 0.499 e. The highest BCUT2D eigenvalue weighted by molar-refractivity contribution is 4.96. The van der Waals surface area contributed by atoms with Crippen molar-refractivity contribution in [3.63, 3.8) is 0 Å². The van der Waals surface area contributed by atoms with Crippen molar-refractivity contribution < 1.29 is 18.9 Å². The van der Waals surface area contributed by atoms with Crippen LogP contribution in [0.25, 0.3) is 0 Å². The molecular weight excluding hydrogens is 268 g/mol. The Morgan fingerprint density at radius 1 is 0.714 bits per heavy atom. The van der Waals surface area contributed by atoms with Gasteiger partial charge in [-0.25, -0.2) is 0 Å². The lowest BCUT2D eigenvalue weighted by atomic mass is 10.1. The highest BCUT2D eigenvalue weighted by Gasteiger charge is 1.95. The fraction of sp³-hybridized carbons (Fsp3) is 0.882. The molecule has 0 heterocycles. The molecule has 0 saturated heterocycles. The average Bonchev–Trinajstić information content (AvgIpc) is 2.51. The summed E-state index contributed by atoms with van der Waals surface area (Å²) in [6.45, 7) is 11.0. The summed E-state index contributed by atoms with van der Waals surface area (Å²) in [5.41, 5.74) is 1.38. The zero-order chi connectivity index (χ0) is 15.6. The molecule has 0 N–H and O–H groups in total. The van der Waals surface area contributed by atoms with Crippen LogP contribution in [0.4, 0.5) is 0 Å². The lowest BCUT2D eigenvalue weighted by Gasteiger charge is -2.07. The number of unbranched alkanes of at least 4 members (excludes halogenated alkanes) is 1. The molecule has 0 fully saturated rings. The molecule has 0 aliphatic rings. The molecule has 0 bridgehead atoms. The Balaban J connectivity index is 3.26. The van der Waals surface area contributed by atoms with Gasteiger partial charge in [0.15, 0.2) is 0 Å². The van der Waals surface area contributed by atoms with Gasteiger partial charge < -0.3 is 18.9 Å². The second-order valence-corrected chi connectivity index (χ2v) is 4.94. The van der Waals surface area contributed by atoms with Gasteiger partial charge in [0.05, 0.1) is 39.3 Å². The third kappa shape index (κ3) is 15.6. The average molecular weight is 302 g/mol. The van der Waals surface area contributed by atoms with Crippen molar-refractivity contribution in [2.24, 2.45) is 0 Å². The van der Waals surface area contributed by atoms with Crippen LogP contribution in [0.2, 0.25) is 0 Å². The topological polar surface area (TPSA) is 36.9 Å². The lowest BCUT2D eigenvalue weighted by Crippen LogP contribution is -2.11. The number of rotatable bonds is 16. The first kappa shape index (κ1) is 20.4. The van der Waals surface area contributed by atoms with E-state index in [9.17, 15) is 0 Å². The summed E-state index contributed by atoms with van der Waals surface area (Å²) in [4.78, 5) is 0. The summed E-state index contributed by atoms with van der Waals surface area (Å²) >= 11 is 0. The molecule has 0 unspecified atom stereocenters. The Kier molecular flexibility index (Phi) is 17.0. The smallest absolute Gasteiger partial charge is 0.111 e. The van der Waals surface area contributed by atoms with E-state index in [0.29, 0.717) is 39.6 Å². The first-order valence-corrected chi connectivity index (χ1v) is 8.37. The molecule has 126 valence electrons. The predicted octanol–water partition coefficient (Wildman–Crippen LogP) is 3.95. The first-order chi connectivity index (χ1) is 10.3. The molecule has 0 aliphatic heterocycles. The minimum absolute atomic E-state index is 0.606. The van der Waals surface area contributed by atoms with Gasteiger partial charge in [-0.15, -0.1) is 0 Å². The van der Waals surface area contributed by atoms with E-state index in [0.717, 1.165) is 25.9 Å². The van der Waals surface area contributed by atoms with Gasteiger partial charge in [-0.1, -0.05) is 27.2 Å². The van der Waals surface area contributed by atoms with Gasteiger partial charge in [0.1, 0.15) is 6.61 Å². The normalized spacial score (nSPS) is 11.9. The highest BCUT2D eigenvalue weighted by atomic mass is 16.6. The van der Waals surface area contributed by atoms with Gasteiger partial charge >= 0.3 is 0 Å². The fourth-order valence-corrected chi connectivity index (χ4v) is 1.69. The van der Waals surface area contributed by atoms with E-state index in [1.807, 2.05) is 6.26 Å². The van der Waals surface area contributed by atoms with Crippen molar-refractivity contribution in [2.75, 3.05) is 46.2 Å². The van der Waals surface area contributed by atoms with Gasteiger partial charge in [-0.2, -0.15) is 0 Å². The molecule has 0 aliphatic carbocycles. The van der Waals surface area contributed by atoms with Crippen molar-refractivity contribution >= 4 is 0 Å². The second-order valence-electron chi connectivity index (χ2n) is 4.94. The van der Waals surface area contributed by atoms with E-state index < -0.39 is 0 Å². The number of hydrogen-bond donors (Lipinski definition) is 0. The standard InChI is InChI=1S/C17H34O4/c1-4-7-8-17(6-3)16-21-15-14-20-13-12-19-11-10-18-9-5-2/h16H,4-15H2,1-3H3. The maximum absolute atomic E-state index is 5.51. The Labute approximate surface area is 130 Å². The van der Waals surface area contributed by atoms with Gasteiger partial charge in [0, 0.05) is 6.61 Å². The molecule has 0 aromatic heterocycles. The van der Waals surface area contributed by atoms with Gasteiger partial charge in [0.2, 0.25) is 0 Å². The lowest BCUT2D eigenvalue weighted by molar-refractivity contribution is 0.00651. The zero-order valence-corrected chi connectivity index (χ0v) is 14.2. The van der Waals surface area contributed by atoms with E-state index in [1.54, 1.807) is 0 Å². The summed E-state index contributed by atoms with van der Waals surface area (Å²) in [5.74, 6) is 0. The van der Waals surface area contributed by atoms with Crippen molar-refractivity contribution in [3.05, 3.63) is 11.8 Å². The maximum atomic E-state index is 5.51. The quantitative estimate of drug-likeness (QED) is 0.319. The third-order valence-electron chi connectivity index (χ3n) is 2.99. The number of allylic oxidation sites excluding steroid dienone is 1. The van der Waals surface area contributed by atoms with Gasteiger partial charge in [-0.05, 0) is 31.3 Å². The van der Waals surface area contributed by atoms with Crippen LogP contribution >= 0.6 is 0 Å². The van der Waals surface area contributed by atoms with Crippen LogP contribution < -0.4 is 0 Å². The number of hydrogen-bond acceptors (Lipinski definition) is 4. The highest BCUT2D eigenvalue weighted by Crippen LogP contribution is 2.10. The van der Waals surface area contributed by atoms with Crippen LogP contribution in [0, 0.1) is 0 Å². The molecule has 0 spiro atoms. The van der Waals surface area contributed by atoms with Crippen LogP contribution in [0.5, 0.6) is 0 Å². The molecule has 4 nitrogen and oxygen atoms in total. The maximum Gasteiger partial charge on any atom is 0.111 e. The Bertz CT molecular complexity index is 229. The number of ether oxygens (including phenoxy) is 4. The van der Waals surface area contributed by atoms with Crippen molar-refractivity contribution in [2.45, 2.75) is 52.9 Å². The second kappa shape index (κ2) is 17.5. The minimum Gasteiger partial charge on any atom is -0.499 e. The Morgan fingerprint density at radius 2 is 1.29 bits per heavy atom. The molecule has 0 rings (SSSR count). The van der Waals surface area contributed by atoms with Gasteiger partial charge in [0.25, 0.3) is 0 Å². The molecule has 0 radical (unpaired) electrons. The first-order valence-electron chi connectivity index (χ1n) is 8.37. The van der Waals surface area contributed by atoms with Crippen LogP contribution in [0.1, 0.15) is 52.9 Å². The summed E-state index contributed by atoms with van der Waals surface area (Å²) < 4.78 is 21.6. The van der Waals surface area contributed by atoms with Crippen molar-refractivity contribution in [1.29, 1.82) is 0 Å². The van der Waals surface area contributed by atoms with Crippen molar-refractivity contribution in [1.82, 2.24) is 0 Å². The van der Waals surface area contributed by atoms with Crippen LogP contribution in [0.15, 0.2) is 11.8 Å². The van der Waals surface area contributed by atoms with E-state index in [2.05, 4.69) is 20.8 Å². The SMILES string of the molecule is CCCCC(=COCCOCCOCCOCCC)CC. The van der Waals surface area contributed by atoms with E-state index >= 15 is 0 Å². The molecule has 0 atom stereocenters. The third-order valence-corrected chi connectivity index (χ3v) is 2.99. The molecule has 0 amide bonds. The van der Waals surface area contributed by atoms with E-state index in [1.165, 1.54) is 18.4 Å². The summed E-state index contributed by atoms with van der Waals surface area (Å²) in [5, 5.41) is 0. The molecule has 0 aromatic rings. The van der Waals surface area contributed by atoms with E-state index in [4.69, 9.17) is 18.9 Å². The molecular formula is C17H34O4. The van der Waals surface area contributed by atoms with E-state index in [-0.39, 0.29) is 0 Å². The van der Waals surface area contributed by atoms with Crippen LogP contribution in [-0.2, 0) is 18.9 Å². The predicted molar refractivity (Wildman–Crippen MR) is 86.6 cm³/mol. The molecule has 0 aromatic carbocycles. The fourth-order valence-electron chi connectivity index (χ4n) is 1.69. The molecule has 0 saturated carbocycles. The Hall–Kier alpha value is -0.580. The van der Waals surface area contributed by atoms with Crippen LogP contribution in [-0.4, -0.2) is 46.2 Å². The van der Waals surface area contributed by atoms with Crippen molar-refractivity contribution in [3.8, 4) is 0 Å². The summed E-state index contributed by atoms with van der Waals surface area (Å²) in [7, 11) is 0. The Morgan fingerprint density at radius 3 is 1.81 bits per heavy atom. The monoisotopic (exact) mass is 302 g/mol. The van der Waals surface area contributed by atoms with Crippen LogP contribution in [0.3, 0.4) is 0 Å². The summed E-state index contributed by atoms with van der Waals surface area (Å²) in [6.07, 6.45) is 7.62. The van der Waals surface area contributed by atoms with Gasteiger partial charge in [-0.3, -0.25) is 0 Å². The summed E-state index contributed by atoms with van der Waals surface area (Å²) in [6, 6.07) is 0. The zero-order valence-electron chi connectivity index (χ0n) is 14.2. The molecule has 21 heavy (non-hydrogen) atoms.